The highest BCUT2D eigenvalue weighted by molar-refractivity contribution is 5.94. The van der Waals surface area contributed by atoms with E-state index in [0.29, 0.717) is 5.56 Å². The van der Waals surface area contributed by atoms with Crippen molar-refractivity contribution in [3.8, 4) is 0 Å². The quantitative estimate of drug-likeness (QED) is 0.856. The van der Waals surface area contributed by atoms with Crippen LogP contribution in [-0.2, 0) is 9.53 Å². The predicted molar refractivity (Wildman–Crippen MR) is 72.2 cm³/mol. The molecule has 3 rings (SSSR count). The van der Waals surface area contributed by atoms with Crippen molar-refractivity contribution in [2.24, 2.45) is 0 Å². The van der Waals surface area contributed by atoms with E-state index in [9.17, 15) is 9.59 Å². The second kappa shape index (κ2) is 5.32. The Morgan fingerprint density at radius 2 is 2.10 bits per heavy atom. The molecule has 6 heteroatoms. The molecule has 2 heterocycles. The van der Waals surface area contributed by atoms with Gasteiger partial charge in [-0.2, -0.15) is 0 Å². The number of nitrogens with one attached hydrogen (secondary N) is 1. The highest BCUT2D eigenvalue weighted by atomic mass is 16.5. The summed E-state index contributed by atoms with van der Waals surface area (Å²) < 4.78 is 5.06. The molecule has 0 radical (unpaired) electrons. The van der Waals surface area contributed by atoms with Gasteiger partial charge in [-0.3, -0.25) is 4.79 Å². The lowest BCUT2D eigenvalue weighted by atomic mass is 10.2. The van der Waals surface area contributed by atoms with Crippen LogP contribution in [0, 0.1) is 0 Å². The first-order valence-corrected chi connectivity index (χ1v) is 6.62. The molecule has 2 aromatic rings. The largest absolute Gasteiger partial charge is 0.452 e. The minimum atomic E-state index is -0.492. The lowest BCUT2D eigenvalue weighted by Gasteiger charge is -2.14. The van der Waals surface area contributed by atoms with Crippen LogP contribution < -0.4 is 0 Å². The second-order valence-corrected chi connectivity index (χ2v) is 4.80. The van der Waals surface area contributed by atoms with Gasteiger partial charge in [0.05, 0.1) is 22.9 Å². The van der Waals surface area contributed by atoms with E-state index in [1.165, 1.54) is 0 Å². The zero-order valence-corrected chi connectivity index (χ0v) is 11.0. The molecule has 1 aliphatic rings. The second-order valence-electron chi connectivity index (χ2n) is 4.80. The van der Waals surface area contributed by atoms with Crippen molar-refractivity contribution >= 4 is 22.9 Å². The monoisotopic (exact) mass is 273 g/mol. The van der Waals surface area contributed by atoms with Crippen LogP contribution in [0.4, 0.5) is 0 Å². The van der Waals surface area contributed by atoms with Crippen molar-refractivity contribution in [3.63, 3.8) is 0 Å². The maximum absolute atomic E-state index is 11.9. The van der Waals surface area contributed by atoms with Crippen LogP contribution in [0.3, 0.4) is 0 Å². The molecule has 0 bridgehead atoms. The fourth-order valence-corrected chi connectivity index (χ4v) is 2.33. The number of likely N-dealkylation sites (tertiary alicyclic amines) is 1. The van der Waals surface area contributed by atoms with Gasteiger partial charge >= 0.3 is 5.97 Å². The van der Waals surface area contributed by atoms with Gasteiger partial charge in [0.25, 0.3) is 5.91 Å². The summed E-state index contributed by atoms with van der Waals surface area (Å²) in [6.07, 6.45) is 3.61. The summed E-state index contributed by atoms with van der Waals surface area (Å²) in [5.41, 5.74) is 1.97. The number of rotatable bonds is 3. The lowest BCUT2D eigenvalue weighted by Crippen LogP contribution is -2.32. The number of hydrogen-bond donors (Lipinski definition) is 1. The number of imidazole rings is 1. The first kappa shape index (κ1) is 12.7. The molecule has 0 unspecified atom stereocenters. The first-order valence-electron chi connectivity index (χ1n) is 6.62. The molecule has 0 saturated carbocycles. The van der Waals surface area contributed by atoms with Crippen LogP contribution >= 0.6 is 0 Å². The third kappa shape index (κ3) is 2.49. The molecule has 1 amide bonds. The fraction of sp³-hybridized carbons (Fsp3) is 0.357. The normalized spacial score (nSPS) is 14.7. The average Bonchev–Trinajstić information content (AvgIpc) is 3.13. The summed E-state index contributed by atoms with van der Waals surface area (Å²) in [7, 11) is 0. The molecule has 1 aromatic carbocycles. The Hall–Kier alpha value is -2.37. The van der Waals surface area contributed by atoms with Crippen LogP contribution in [0.2, 0.25) is 0 Å². The van der Waals surface area contributed by atoms with Crippen molar-refractivity contribution < 1.29 is 14.3 Å². The number of H-pyrrole nitrogens is 1. The van der Waals surface area contributed by atoms with Crippen LogP contribution in [0.15, 0.2) is 24.5 Å². The van der Waals surface area contributed by atoms with Gasteiger partial charge in [-0.25, -0.2) is 9.78 Å². The van der Waals surface area contributed by atoms with Crippen LogP contribution in [0.1, 0.15) is 23.2 Å². The maximum atomic E-state index is 11.9. The highest BCUT2D eigenvalue weighted by Crippen LogP contribution is 2.13. The predicted octanol–water partition coefficient (Wildman–Crippen LogP) is 1.34. The molecule has 0 spiro atoms. The van der Waals surface area contributed by atoms with E-state index in [1.807, 2.05) is 0 Å². The third-order valence-corrected chi connectivity index (χ3v) is 3.44. The van der Waals surface area contributed by atoms with E-state index < -0.39 is 5.97 Å². The van der Waals surface area contributed by atoms with Crippen molar-refractivity contribution in [2.45, 2.75) is 12.8 Å². The Morgan fingerprint density at radius 3 is 2.90 bits per heavy atom. The zero-order valence-electron chi connectivity index (χ0n) is 11.0. The van der Waals surface area contributed by atoms with E-state index >= 15 is 0 Å². The number of nitrogens with zero attached hydrogens (tertiary/aromatic N) is 2. The number of carbonyl (C=O) groups excluding carboxylic acids is 2. The Morgan fingerprint density at radius 1 is 1.30 bits per heavy atom. The number of aromatic amines is 1. The lowest BCUT2D eigenvalue weighted by molar-refractivity contribution is -0.133. The number of carbonyl (C=O) groups is 2. The van der Waals surface area contributed by atoms with Gasteiger partial charge in [0.2, 0.25) is 0 Å². The van der Waals surface area contributed by atoms with Gasteiger partial charge < -0.3 is 14.6 Å². The molecule has 1 aliphatic heterocycles. The van der Waals surface area contributed by atoms with Crippen molar-refractivity contribution in [1.82, 2.24) is 14.9 Å². The van der Waals surface area contributed by atoms with Crippen molar-refractivity contribution in [2.75, 3.05) is 19.7 Å². The molecule has 104 valence electrons. The van der Waals surface area contributed by atoms with Gasteiger partial charge in [-0.15, -0.1) is 0 Å². The van der Waals surface area contributed by atoms with Crippen molar-refractivity contribution in [3.05, 3.63) is 30.1 Å². The molecule has 1 N–H and O–H groups in total. The molecule has 6 nitrogen and oxygen atoms in total. The summed E-state index contributed by atoms with van der Waals surface area (Å²) >= 11 is 0. The fourth-order valence-electron chi connectivity index (χ4n) is 2.33. The Balaban J connectivity index is 1.62. The van der Waals surface area contributed by atoms with Gasteiger partial charge in [0.1, 0.15) is 0 Å². The molecule has 20 heavy (non-hydrogen) atoms. The standard InChI is InChI=1S/C14H15N3O3/c18-13(17-5-1-2-6-17)8-20-14(19)10-3-4-11-12(7-10)16-9-15-11/h3-4,7,9H,1-2,5-6,8H2,(H,15,16). The SMILES string of the molecule is O=C(OCC(=O)N1CCCC1)c1ccc2nc[nH]c2c1. The minimum absolute atomic E-state index is 0.126. The molecule has 1 fully saturated rings. The number of fused-ring (bicyclic) bond motifs is 1. The van der Waals surface area contributed by atoms with Crippen LogP contribution in [0.25, 0.3) is 11.0 Å². The van der Waals surface area contributed by atoms with Crippen LogP contribution in [-0.4, -0.2) is 46.4 Å². The summed E-state index contributed by atoms with van der Waals surface area (Å²) in [5.74, 6) is -0.618. The van der Waals surface area contributed by atoms with E-state index in [1.54, 1.807) is 29.4 Å². The zero-order chi connectivity index (χ0) is 13.9. The summed E-state index contributed by atoms with van der Waals surface area (Å²) in [4.78, 5) is 32.4. The van der Waals surface area contributed by atoms with Crippen LogP contribution in [0.5, 0.6) is 0 Å². The summed E-state index contributed by atoms with van der Waals surface area (Å²) in [5, 5.41) is 0. The topological polar surface area (TPSA) is 75.3 Å². The van der Waals surface area contributed by atoms with Gasteiger partial charge in [-0.1, -0.05) is 0 Å². The average molecular weight is 273 g/mol. The first-order chi connectivity index (χ1) is 9.74. The number of esters is 1. The number of aromatic nitrogens is 2. The smallest absolute Gasteiger partial charge is 0.338 e. The van der Waals surface area contributed by atoms with Crippen molar-refractivity contribution in [1.29, 1.82) is 0 Å². The van der Waals surface area contributed by atoms with E-state index in [2.05, 4.69) is 9.97 Å². The number of hydrogen-bond acceptors (Lipinski definition) is 4. The molecular weight excluding hydrogens is 258 g/mol. The molecule has 1 aromatic heterocycles. The Bertz CT molecular complexity index is 644. The number of amides is 1. The molecule has 0 aliphatic carbocycles. The van der Waals surface area contributed by atoms with E-state index in [0.717, 1.165) is 37.0 Å². The summed E-state index contributed by atoms with van der Waals surface area (Å²) in [6, 6.07) is 5.06. The maximum Gasteiger partial charge on any atom is 0.338 e. The van der Waals surface area contributed by atoms with E-state index in [4.69, 9.17) is 4.74 Å². The molecular formula is C14H15N3O3. The molecule has 0 atom stereocenters. The van der Waals surface area contributed by atoms with Gasteiger partial charge in [0, 0.05) is 13.1 Å². The van der Waals surface area contributed by atoms with Gasteiger partial charge in [0.15, 0.2) is 6.61 Å². The Labute approximate surface area is 115 Å². The highest BCUT2D eigenvalue weighted by Gasteiger charge is 2.19. The number of benzene rings is 1. The van der Waals surface area contributed by atoms with E-state index in [-0.39, 0.29) is 12.5 Å². The molecule has 1 saturated heterocycles. The van der Waals surface area contributed by atoms with Gasteiger partial charge in [-0.05, 0) is 31.0 Å². The Kier molecular flexibility index (Phi) is 3.37. The number of ether oxygens (including phenoxy) is 1. The minimum Gasteiger partial charge on any atom is -0.452 e. The summed E-state index contributed by atoms with van der Waals surface area (Å²) in [6.45, 7) is 1.33. The third-order valence-electron chi connectivity index (χ3n) is 3.44.